The Hall–Kier alpha value is -5.09. The smallest absolute Gasteiger partial charge is 0.145 e. The van der Waals surface area contributed by atoms with Crippen molar-refractivity contribution in [1.29, 1.82) is 0 Å². The summed E-state index contributed by atoms with van der Waals surface area (Å²) < 4.78 is 13.2. The second-order valence-electron chi connectivity index (χ2n) is 11.8. The van der Waals surface area contributed by atoms with Crippen LogP contribution in [0.15, 0.2) is 114 Å². The number of rotatable bonds is 3. The predicted octanol–water partition coefficient (Wildman–Crippen LogP) is 10.5. The van der Waals surface area contributed by atoms with E-state index in [2.05, 4.69) is 117 Å². The van der Waals surface area contributed by atoms with Gasteiger partial charge >= 0.3 is 0 Å². The number of pyridine rings is 1. The molecule has 41 heavy (non-hydrogen) atoms. The van der Waals surface area contributed by atoms with Crippen molar-refractivity contribution in [2.45, 2.75) is 26.2 Å². The van der Waals surface area contributed by atoms with Crippen LogP contribution < -0.4 is 4.74 Å². The van der Waals surface area contributed by atoms with Crippen molar-refractivity contribution in [1.82, 2.24) is 9.97 Å². The summed E-state index contributed by atoms with van der Waals surface area (Å²) in [5.41, 5.74) is 6.83. The van der Waals surface area contributed by atoms with Crippen molar-refractivity contribution >= 4 is 54.5 Å². The molecule has 8 aromatic rings. The molecule has 0 unspecified atom stereocenters. The van der Waals surface area contributed by atoms with Gasteiger partial charge in [-0.2, -0.15) is 0 Å². The molecule has 5 aromatic carbocycles. The van der Waals surface area contributed by atoms with E-state index in [0.29, 0.717) is 0 Å². The van der Waals surface area contributed by atoms with Gasteiger partial charge in [-0.25, -0.2) is 0 Å². The zero-order valence-electron chi connectivity index (χ0n) is 23.2. The number of aromatic nitrogens is 2. The Morgan fingerprint density at radius 2 is 1.41 bits per heavy atom. The second-order valence-corrected chi connectivity index (χ2v) is 11.8. The fourth-order valence-corrected chi connectivity index (χ4v) is 5.91. The highest BCUT2D eigenvalue weighted by Gasteiger charge is 2.20. The van der Waals surface area contributed by atoms with E-state index in [9.17, 15) is 0 Å². The SMILES string of the molecule is CC(C)(C)c1ccnc(-c2cc(Oc3ccc4c(c3)[nH]c3ccccc34)cc3c2oc2c4ccccc4ccc32)c1. The summed E-state index contributed by atoms with van der Waals surface area (Å²) in [4.78, 5) is 8.32. The summed E-state index contributed by atoms with van der Waals surface area (Å²) in [6, 6.07) is 35.6. The van der Waals surface area contributed by atoms with Gasteiger partial charge in [-0.15, -0.1) is 0 Å². The largest absolute Gasteiger partial charge is 0.457 e. The number of benzene rings is 5. The Morgan fingerprint density at radius 1 is 0.634 bits per heavy atom. The van der Waals surface area contributed by atoms with Crippen molar-refractivity contribution in [3.05, 3.63) is 115 Å². The van der Waals surface area contributed by atoms with Gasteiger partial charge in [0.1, 0.15) is 22.7 Å². The first-order valence-electron chi connectivity index (χ1n) is 14.0. The van der Waals surface area contributed by atoms with Crippen LogP contribution in [0.4, 0.5) is 0 Å². The van der Waals surface area contributed by atoms with Gasteiger partial charge in [0.25, 0.3) is 0 Å². The first-order valence-corrected chi connectivity index (χ1v) is 14.0. The van der Waals surface area contributed by atoms with Gasteiger partial charge in [-0.3, -0.25) is 4.98 Å². The van der Waals surface area contributed by atoms with E-state index in [4.69, 9.17) is 14.1 Å². The van der Waals surface area contributed by atoms with Crippen LogP contribution >= 0.6 is 0 Å². The molecule has 4 nitrogen and oxygen atoms in total. The van der Waals surface area contributed by atoms with Gasteiger partial charge in [-0.1, -0.05) is 69.3 Å². The number of nitrogens with one attached hydrogen (secondary N) is 1. The summed E-state index contributed by atoms with van der Waals surface area (Å²) in [6.45, 7) is 6.65. The molecule has 1 N–H and O–H groups in total. The van der Waals surface area contributed by atoms with Crippen LogP contribution in [-0.4, -0.2) is 9.97 Å². The van der Waals surface area contributed by atoms with E-state index >= 15 is 0 Å². The van der Waals surface area contributed by atoms with Crippen molar-refractivity contribution in [2.24, 2.45) is 0 Å². The number of hydrogen-bond acceptors (Lipinski definition) is 3. The maximum atomic E-state index is 6.67. The lowest BCUT2D eigenvalue weighted by Crippen LogP contribution is -2.11. The molecule has 198 valence electrons. The minimum atomic E-state index is -0.00993. The molecule has 4 heteroatoms. The van der Waals surface area contributed by atoms with Crippen molar-refractivity contribution in [2.75, 3.05) is 0 Å². The molecule has 0 saturated heterocycles. The van der Waals surface area contributed by atoms with Crippen molar-refractivity contribution in [3.63, 3.8) is 0 Å². The van der Waals surface area contributed by atoms with Crippen LogP contribution in [0.25, 0.3) is 65.8 Å². The third-order valence-corrected chi connectivity index (χ3v) is 8.05. The molecule has 3 heterocycles. The number of fused-ring (bicyclic) bond motifs is 8. The molecule has 0 aliphatic heterocycles. The molecule has 0 saturated carbocycles. The van der Waals surface area contributed by atoms with Gasteiger partial charge in [0, 0.05) is 50.3 Å². The Kier molecular flexibility index (Phi) is 5.05. The molecule has 0 fully saturated rings. The zero-order valence-corrected chi connectivity index (χ0v) is 23.2. The molecular weight excluding hydrogens is 504 g/mol. The van der Waals surface area contributed by atoms with Crippen LogP contribution in [0.5, 0.6) is 11.5 Å². The van der Waals surface area contributed by atoms with Crippen molar-refractivity contribution < 1.29 is 9.15 Å². The number of aromatic amines is 1. The van der Waals surface area contributed by atoms with Crippen LogP contribution in [0.3, 0.4) is 0 Å². The fraction of sp³-hybridized carbons (Fsp3) is 0.108. The maximum Gasteiger partial charge on any atom is 0.145 e. The molecule has 3 aromatic heterocycles. The van der Waals surface area contributed by atoms with Crippen LogP contribution in [-0.2, 0) is 5.41 Å². The van der Waals surface area contributed by atoms with Crippen LogP contribution in [0, 0.1) is 0 Å². The summed E-state index contributed by atoms with van der Waals surface area (Å²) >= 11 is 0. The van der Waals surface area contributed by atoms with E-state index in [1.807, 2.05) is 18.3 Å². The van der Waals surface area contributed by atoms with Gasteiger partial charge in [0.15, 0.2) is 0 Å². The molecule has 0 aliphatic rings. The maximum absolute atomic E-state index is 6.67. The summed E-state index contributed by atoms with van der Waals surface area (Å²) in [6.07, 6.45) is 1.89. The minimum Gasteiger partial charge on any atom is -0.457 e. The zero-order chi connectivity index (χ0) is 27.7. The summed E-state index contributed by atoms with van der Waals surface area (Å²) in [7, 11) is 0. The molecule has 0 amide bonds. The Balaban J connectivity index is 1.34. The minimum absolute atomic E-state index is 0.00993. The topological polar surface area (TPSA) is 51.0 Å². The molecular formula is C37H28N2O2. The predicted molar refractivity (Wildman–Crippen MR) is 169 cm³/mol. The number of furan rings is 1. The number of hydrogen-bond donors (Lipinski definition) is 1. The van der Waals surface area contributed by atoms with E-state index in [-0.39, 0.29) is 5.41 Å². The Labute approximate surface area is 237 Å². The standard InChI is InChI=1S/C37H28N2O2/c1-37(2,3)23-16-17-38-33(18-23)31-20-25(40-24-13-15-28-27-10-6-7-11-32(27)39-34(28)21-24)19-30-29-14-12-22-8-4-5-9-26(22)35(29)41-36(30)31/h4-21,39H,1-3H3. The molecule has 8 rings (SSSR count). The average molecular weight is 533 g/mol. The van der Waals surface area contributed by atoms with Crippen molar-refractivity contribution in [3.8, 4) is 22.8 Å². The Bertz CT molecular complexity index is 2280. The fourth-order valence-electron chi connectivity index (χ4n) is 5.91. The quantitative estimate of drug-likeness (QED) is 0.246. The first-order chi connectivity index (χ1) is 19.9. The number of para-hydroxylation sites is 1. The second kappa shape index (κ2) is 8.70. The monoisotopic (exact) mass is 532 g/mol. The van der Waals surface area contributed by atoms with Crippen LogP contribution in [0.2, 0.25) is 0 Å². The molecule has 0 aliphatic carbocycles. The molecule has 0 bridgehead atoms. The molecule has 0 spiro atoms. The third-order valence-electron chi connectivity index (χ3n) is 8.05. The lowest BCUT2D eigenvalue weighted by Gasteiger charge is -2.19. The first kappa shape index (κ1) is 23.8. The molecule has 0 atom stereocenters. The van der Waals surface area contributed by atoms with E-state index < -0.39 is 0 Å². The number of H-pyrrole nitrogens is 1. The lowest BCUT2D eigenvalue weighted by atomic mass is 9.87. The lowest BCUT2D eigenvalue weighted by molar-refractivity contribution is 0.484. The van der Waals surface area contributed by atoms with E-state index in [1.54, 1.807) is 0 Å². The highest BCUT2D eigenvalue weighted by atomic mass is 16.5. The normalized spacial score (nSPS) is 12.3. The van der Waals surface area contributed by atoms with Gasteiger partial charge < -0.3 is 14.1 Å². The molecule has 0 radical (unpaired) electrons. The van der Waals surface area contributed by atoms with Gasteiger partial charge in [0.2, 0.25) is 0 Å². The average Bonchev–Trinajstić information content (AvgIpc) is 3.54. The highest BCUT2D eigenvalue weighted by molar-refractivity contribution is 6.17. The van der Waals surface area contributed by atoms with Crippen LogP contribution in [0.1, 0.15) is 26.3 Å². The van der Waals surface area contributed by atoms with Gasteiger partial charge in [0.05, 0.1) is 11.2 Å². The third kappa shape index (κ3) is 3.86. The number of ether oxygens (including phenoxy) is 1. The number of nitrogens with zero attached hydrogens (tertiary/aromatic N) is 1. The Morgan fingerprint density at radius 3 is 2.29 bits per heavy atom. The van der Waals surface area contributed by atoms with E-state index in [0.717, 1.165) is 66.5 Å². The summed E-state index contributed by atoms with van der Waals surface area (Å²) in [5.74, 6) is 1.51. The van der Waals surface area contributed by atoms with E-state index in [1.165, 1.54) is 16.3 Å². The highest BCUT2D eigenvalue weighted by Crippen LogP contribution is 2.42. The summed E-state index contributed by atoms with van der Waals surface area (Å²) in [5, 5.41) is 6.70. The van der Waals surface area contributed by atoms with Gasteiger partial charge in [-0.05, 0) is 64.9 Å².